The summed E-state index contributed by atoms with van der Waals surface area (Å²) in [6.45, 7) is 6.74. The summed E-state index contributed by atoms with van der Waals surface area (Å²) >= 11 is 0. The normalized spacial score (nSPS) is 17.6. The predicted molar refractivity (Wildman–Crippen MR) is 95.2 cm³/mol. The highest BCUT2D eigenvalue weighted by Crippen LogP contribution is 2.23. The minimum atomic E-state index is -0.429. The highest BCUT2D eigenvalue weighted by molar-refractivity contribution is 5.32. The number of β-amino-alcohol motifs (C(OH)–C–C–N with tert-alkyl or cyclic N) is 1. The summed E-state index contributed by atoms with van der Waals surface area (Å²) in [5, 5.41) is 10.6. The summed E-state index contributed by atoms with van der Waals surface area (Å²) in [5.41, 5.74) is 3.43. The molecular weight excluding hydrogens is 300 g/mol. The lowest BCUT2D eigenvalue weighted by Gasteiger charge is -2.33. The van der Waals surface area contributed by atoms with Crippen LogP contribution < -0.4 is 4.74 Å². The number of benzene rings is 1. The standard InChI is InChI=1S/C20H26N2O2/c1-15-5-6-19(16(2)12-15)20(23)14-22-10-7-17(8-11-22)24-18-4-3-9-21-13-18/h3-6,9,12-13,17,20,23H,7-8,10-11,14H2,1-2H3. The van der Waals surface area contributed by atoms with E-state index in [9.17, 15) is 5.11 Å². The minimum absolute atomic E-state index is 0.240. The first-order chi connectivity index (χ1) is 11.6. The van der Waals surface area contributed by atoms with Crippen LogP contribution in [0.4, 0.5) is 0 Å². The third kappa shape index (κ3) is 4.34. The molecule has 0 bridgehead atoms. The van der Waals surface area contributed by atoms with E-state index in [-0.39, 0.29) is 6.10 Å². The number of nitrogens with zero attached hydrogens (tertiary/aromatic N) is 2. The fraction of sp³-hybridized carbons (Fsp3) is 0.450. The number of piperidine rings is 1. The Kier molecular flexibility index (Phi) is 5.48. The van der Waals surface area contributed by atoms with Crippen molar-refractivity contribution in [2.24, 2.45) is 0 Å². The van der Waals surface area contributed by atoms with Gasteiger partial charge in [0.25, 0.3) is 0 Å². The molecule has 1 unspecified atom stereocenters. The van der Waals surface area contributed by atoms with E-state index >= 15 is 0 Å². The number of aromatic nitrogens is 1. The van der Waals surface area contributed by atoms with Crippen molar-refractivity contribution < 1.29 is 9.84 Å². The lowest BCUT2D eigenvalue weighted by atomic mass is 10.00. The van der Waals surface area contributed by atoms with Gasteiger partial charge in [-0.3, -0.25) is 4.98 Å². The van der Waals surface area contributed by atoms with E-state index in [0.717, 1.165) is 42.8 Å². The molecule has 1 N–H and O–H groups in total. The minimum Gasteiger partial charge on any atom is -0.489 e. The number of ether oxygens (including phenoxy) is 1. The number of hydrogen-bond acceptors (Lipinski definition) is 4. The molecule has 0 spiro atoms. The summed E-state index contributed by atoms with van der Waals surface area (Å²) in [6.07, 6.45) is 5.29. The number of aliphatic hydroxyl groups excluding tert-OH is 1. The van der Waals surface area contributed by atoms with Gasteiger partial charge < -0.3 is 14.7 Å². The zero-order chi connectivity index (χ0) is 16.9. The molecule has 0 saturated carbocycles. The van der Waals surface area contributed by atoms with Crippen molar-refractivity contribution in [1.82, 2.24) is 9.88 Å². The fourth-order valence-corrected chi connectivity index (χ4v) is 3.36. The molecule has 1 atom stereocenters. The Morgan fingerprint density at radius 2 is 2.04 bits per heavy atom. The van der Waals surface area contributed by atoms with Gasteiger partial charge >= 0.3 is 0 Å². The largest absolute Gasteiger partial charge is 0.489 e. The van der Waals surface area contributed by atoms with E-state index in [0.29, 0.717) is 6.54 Å². The highest BCUT2D eigenvalue weighted by atomic mass is 16.5. The molecule has 4 heteroatoms. The van der Waals surface area contributed by atoms with Gasteiger partial charge in [-0.1, -0.05) is 23.8 Å². The molecule has 2 heterocycles. The van der Waals surface area contributed by atoms with Crippen LogP contribution in [-0.4, -0.2) is 40.7 Å². The lowest BCUT2D eigenvalue weighted by Crippen LogP contribution is -2.40. The number of aliphatic hydroxyl groups is 1. The molecule has 0 aliphatic carbocycles. The quantitative estimate of drug-likeness (QED) is 0.916. The Morgan fingerprint density at radius 1 is 1.25 bits per heavy atom. The molecule has 3 rings (SSSR count). The van der Waals surface area contributed by atoms with Crippen LogP contribution in [0.25, 0.3) is 0 Å². The molecule has 1 aromatic heterocycles. The van der Waals surface area contributed by atoms with Gasteiger partial charge in [-0.05, 0) is 49.9 Å². The maximum atomic E-state index is 10.6. The van der Waals surface area contributed by atoms with Gasteiger partial charge in [0.15, 0.2) is 0 Å². The van der Waals surface area contributed by atoms with Crippen molar-refractivity contribution in [1.29, 1.82) is 0 Å². The monoisotopic (exact) mass is 326 g/mol. The van der Waals surface area contributed by atoms with E-state index in [4.69, 9.17) is 4.74 Å². The molecule has 24 heavy (non-hydrogen) atoms. The van der Waals surface area contributed by atoms with Crippen LogP contribution in [-0.2, 0) is 0 Å². The van der Waals surface area contributed by atoms with Gasteiger partial charge in [-0.2, -0.15) is 0 Å². The Bertz CT molecular complexity index is 652. The first kappa shape index (κ1) is 16.9. The van der Waals surface area contributed by atoms with Crippen LogP contribution in [0.2, 0.25) is 0 Å². The second-order valence-corrected chi connectivity index (χ2v) is 6.68. The molecule has 128 valence electrons. The Balaban J connectivity index is 1.50. The van der Waals surface area contributed by atoms with E-state index < -0.39 is 6.10 Å². The molecular formula is C20H26N2O2. The lowest BCUT2D eigenvalue weighted by molar-refractivity contribution is 0.0606. The number of pyridine rings is 1. The van der Waals surface area contributed by atoms with Crippen molar-refractivity contribution in [3.63, 3.8) is 0 Å². The average Bonchev–Trinajstić information content (AvgIpc) is 2.57. The summed E-state index contributed by atoms with van der Waals surface area (Å²) in [5.74, 6) is 0.839. The van der Waals surface area contributed by atoms with Crippen LogP contribution in [0.1, 0.15) is 35.6 Å². The fourth-order valence-electron chi connectivity index (χ4n) is 3.36. The topological polar surface area (TPSA) is 45.6 Å². The molecule has 1 saturated heterocycles. The molecule has 2 aromatic rings. The Labute approximate surface area is 144 Å². The zero-order valence-corrected chi connectivity index (χ0v) is 14.5. The first-order valence-electron chi connectivity index (χ1n) is 8.66. The van der Waals surface area contributed by atoms with E-state index in [1.54, 1.807) is 12.4 Å². The molecule has 0 amide bonds. The molecule has 4 nitrogen and oxygen atoms in total. The van der Waals surface area contributed by atoms with Crippen molar-refractivity contribution >= 4 is 0 Å². The molecule has 1 fully saturated rings. The van der Waals surface area contributed by atoms with Crippen LogP contribution in [0.5, 0.6) is 5.75 Å². The molecule has 1 aliphatic rings. The molecule has 1 aliphatic heterocycles. The van der Waals surface area contributed by atoms with Gasteiger partial charge in [-0.25, -0.2) is 0 Å². The number of aryl methyl sites for hydroxylation is 2. The van der Waals surface area contributed by atoms with E-state index in [1.807, 2.05) is 18.2 Å². The second kappa shape index (κ2) is 7.77. The molecule has 1 aromatic carbocycles. The summed E-state index contributed by atoms with van der Waals surface area (Å²) in [4.78, 5) is 6.41. The SMILES string of the molecule is Cc1ccc(C(O)CN2CCC(Oc3cccnc3)CC2)c(C)c1. The highest BCUT2D eigenvalue weighted by Gasteiger charge is 2.23. The maximum Gasteiger partial charge on any atom is 0.137 e. The van der Waals surface area contributed by atoms with Crippen LogP contribution in [0.15, 0.2) is 42.7 Å². The van der Waals surface area contributed by atoms with Crippen molar-refractivity contribution in [2.45, 2.75) is 38.9 Å². The Morgan fingerprint density at radius 3 is 2.71 bits per heavy atom. The second-order valence-electron chi connectivity index (χ2n) is 6.68. The van der Waals surface area contributed by atoms with Crippen molar-refractivity contribution in [3.8, 4) is 5.75 Å². The van der Waals surface area contributed by atoms with Gasteiger partial charge in [0.2, 0.25) is 0 Å². The van der Waals surface area contributed by atoms with Gasteiger partial charge in [0.1, 0.15) is 11.9 Å². The first-order valence-corrected chi connectivity index (χ1v) is 8.66. The van der Waals surface area contributed by atoms with Crippen molar-refractivity contribution in [2.75, 3.05) is 19.6 Å². The molecule has 0 radical (unpaired) electrons. The predicted octanol–water partition coefficient (Wildman–Crippen LogP) is 3.28. The smallest absolute Gasteiger partial charge is 0.137 e. The number of hydrogen-bond donors (Lipinski definition) is 1. The van der Waals surface area contributed by atoms with Crippen LogP contribution >= 0.6 is 0 Å². The number of likely N-dealkylation sites (tertiary alicyclic amines) is 1. The summed E-state index contributed by atoms with van der Waals surface area (Å²) in [6, 6.07) is 10.1. The third-order valence-electron chi connectivity index (χ3n) is 4.69. The van der Waals surface area contributed by atoms with Gasteiger partial charge in [0, 0.05) is 25.8 Å². The van der Waals surface area contributed by atoms with Crippen LogP contribution in [0.3, 0.4) is 0 Å². The average molecular weight is 326 g/mol. The Hall–Kier alpha value is -1.91. The zero-order valence-electron chi connectivity index (χ0n) is 14.5. The van der Waals surface area contributed by atoms with E-state index in [2.05, 4.69) is 35.9 Å². The summed E-state index contributed by atoms with van der Waals surface area (Å²) < 4.78 is 5.97. The van der Waals surface area contributed by atoms with E-state index in [1.165, 1.54) is 5.56 Å². The number of rotatable bonds is 5. The third-order valence-corrected chi connectivity index (χ3v) is 4.69. The van der Waals surface area contributed by atoms with Gasteiger partial charge in [0.05, 0.1) is 12.3 Å². The van der Waals surface area contributed by atoms with Gasteiger partial charge in [-0.15, -0.1) is 0 Å². The van der Waals surface area contributed by atoms with Crippen molar-refractivity contribution in [3.05, 3.63) is 59.4 Å². The van der Waals surface area contributed by atoms with Crippen LogP contribution in [0, 0.1) is 13.8 Å². The summed E-state index contributed by atoms with van der Waals surface area (Å²) in [7, 11) is 0. The maximum absolute atomic E-state index is 10.6.